The number of amides is 2. The Labute approximate surface area is 279 Å². The monoisotopic (exact) mass is 705 g/mol. The minimum atomic E-state index is -2.36. The first-order valence-corrected chi connectivity index (χ1v) is 15.2. The second-order valence-electron chi connectivity index (χ2n) is 10.1. The first-order chi connectivity index (χ1) is 23.5. The number of halogens is 5. The van der Waals surface area contributed by atoms with Gasteiger partial charge in [-0.1, -0.05) is 0 Å². The molecule has 0 aliphatic carbocycles. The molecular weight excluding hydrogens is 665 g/mol. The summed E-state index contributed by atoms with van der Waals surface area (Å²) in [6.45, 7) is 4.26. The summed E-state index contributed by atoms with van der Waals surface area (Å²) < 4.78 is 91.9. The summed E-state index contributed by atoms with van der Waals surface area (Å²) in [4.78, 5) is 23.6. The number of aryl methyl sites for hydroxylation is 1. The van der Waals surface area contributed by atoms with Crippen molar-refractivity contribution in [2.45, 2.75) is 32.6 Å². The van der Waals surface area contributed by atoms with Crippen LogP contribution < -0.4 is 20.7 Å². The van der Waals surface area contributed by atoms with Gasteiger partial charge in [0.05, 0.1) is 65.0 Å². The average molecular weight is 706 g/mol. The van der Waals surface area contributed by atoms with E-state index < -0.39 is 47.2 Å². The van der Waals surface area contributed by atoms with Crippen LogP contribution in [0.2, 0.25) is 0 Å². The van der Waals surface area contributed by atoms with Crippen LogP contribution in [0.4, 0.5) is 32.4 Å². The maximum atomic E-state index is 13.5. The van der Waals surface area contributed by atoms with Gasteiger partial charge < -0.3 is 44.7 Å². The SMILES string of the molecule is Cc1cc(NC(=O)NCCCC/C(=C/NCCOCCOCCOCCOCCC(=O)Oc2c(F)c(F)c(F)c(F)c2F)N=N)ccc1O. The molecule has 0 unspecified atom stereocenters. The predicted octanol–water partition coefficient (Wildman–Crippen LogP) is 5.21. The number of urea groups is 1. The second kappa shape index (κ2) is 23.0. The minimum absolute atomic E-state index is 0.0638. The van der Waals surface area contributed by atoms with E-state index in [1.54, 1.807) is 25.3 Å². The van der Waals surface area contributed by atoms with Crippen LogP contribution in [0.25, 0.3) is 0 Å². The Kier molecular flexibility index (Phi) is 19.2. The molecule has 0 spiro atoms. The topological polar surface area (TPSA) is 173 Å². The molecule has 0 saturated heterocycles. The fourth-order valence-corrected chi connectivity index (χ4v) is 3.78. The van der Waals surface area contributed by atoms with E-state index in [1.807, 2.05) is 0 Å². The number of anilines is 1. The number of aromatic hydroxyl groups is 1. The van der Waals surface area contributed by atoms with Crippen LogP contribution in [0.1, 0.15) is 31.2 Å². The number of esters is 1. The molecule has 2 amide bonds. The van der Waals surface area contributed by atoms with Gasteiger partial charge in [0.25, 0.3) is 0 Å². The molecule has 0 fully saturated rings. The van der Waals surface area contributed by atoms with Crippen LogP contribution in [0, 0.1) is 41.5 Å². The van der Waals surface area contributed by atoms with Crippen LogP contribution in [0.5, 0.6) is 11.5 Å². The number of hydrogen-bond acceptors (Lipinski definition) is 11. The summed E-state index contributed by atoms with van der Waals surface area (Å²) in [5.74, 6) is -14.0. The summed E-state index contributed by atoms with van der Waals surface area (Å²) in [5, 5.41) is 21.5. The highest BCUT2D eigenvalue weighted by Crippen LogP contribution is 2.29. The summed E-state index contributed by atoms with van der Waals surface area (Å²) in [5.41, 5.74) is 9.11. The number of ether oxygens (including phenoxy) is 5. The standard InChI is InChI=1S/C31H40F5N5O8/c1-20-18-21(5-6-23(20)42)40-31(44)39-8-3-2-4-22(41-37)19-38-9-11-46-13-15-48-17-16-47-14-12-45-10-7-24(43)49-30-28(35)26(33)25(32)27(34)29(30)36/h5-6,18-19,37-38,42H,2-4,7-17H2,1H3,(H2,39,40,44)/b22-19-,41-37?. The molecular formula is C31H40F5N5O8. The number of rotatable bonds is 24. The van der Waals surface area contributed by atoms with Crippen molar-refractivity contribution in [2.24, 2.45) is 5.11 Å². The lowest BCUT2D eigenvalue weighted by molar-refractivity contribution is -0.136. The number of unbranched alkanes of at least 4 members (excludes halogenated alkanes) is 1. The average Bonchev–Trinajstić information content (AvgIpc) is 3.08. The van der Waals surface area contributed by atoms with Crippen molar-refractivity contribution >= 4 is 17.7 Å². The molecule has 2 aromatic rings. The number of phenolic OH excluding ortho intramolecular Hbond substituents is 1. The summed E-state index contributed by atoms with van der Waals surface area (Å²) in [6, 6.07) is 4.44. The third-order valence-electron chi connectivity index (χ3n) is 6.35. The highest BCUT2D eigenvalue weighted by Gasteiger charge is 2.28. The van der Waals surface area contributed by atoms with E-state index >= 15 is 0 Å². The van der Waals surface area contributed by atoms with Gasteiger partial charge in [-0.2, -0.15) is 13.9 Å². The second-order valence-corrected chi connectivity index (χ2v) is 10.1. The number of carbonyl (C=O) groups excluding carboxylic acids is 2. The van der Waals surface area contributed by atoms with E-state index in [0.717, 1.165) is 6.42 Å². The summed E-state index contributed by atoms with van der Waals surface area (Å²) >= 11 is 0. The van der Waals surface area contributed by atoms with Crippen LogP contribution in [-0.2, 0) is 23.7 Å². The van der Waals surface area contributed by atoms with Crippen molar-refractivity contribution in [3.05, 3.63) is 64.7 Å². The fraction of sp³-hybridized carbons (Fsp3) is 0.484. The third-order valence-corrected chi connectivity index (χ3v) is 6.35. The van der Waals surface area contributed by atoms with Gasteiger partial charge in [0.15, 0.2) is 0 Å². The van der Waals surface area contributed by atoms with E-state index in [9.17, 15) is 36.6 Å². The fourth-order valence-electron chi connectivity index (χ4n) is 3.78. The van der Waals surface area contributed by atoms with Crippen molar-refractivity contribution < 1.29 is 60.3 Å². The van der Waals surface area contributed by atoms with Crippen LogP contribution >= 0.6 is 0 Å². The van der Waals surface area contributed by atoms with Gasteiger partial charge in [-0.15, -0.1) is 0 Å². The quantitative estimate of drug-likeness (QED) is 0.0144. The Morgan fingerprint density at radius 3 is 1.96 bits per heavy atom. The Morgan fingerprint density at radius 1 is 0.796 bits per heavy atom. The molecule has 18 heteroatoms. The highest BCUT2D eigenvalue weighted by molar-refractivity contribution is 5.89. The van der Waals surface area contributed by atoms with E-state index in [1.165, 1.54) is 6.07 Å². The van der Waals surface area contributed by atoms with Crippen LogP contribution in [-0.4, -0.2) is 83.1 Å². The Bertz CT molecular complexity index is 1370. The van der Waals surface area contributed by atoms with Crippen LogP contribution in [0.3, 0.4) is 0 Å². The number of nitrogens with one attached hydrogen (secondary N) is 4. The summed E-state index contributed by atoms with van der Waals surface area (Å²) in [7, 11) is 0. The number of allylic oxidation sites excluding steroid dienone is 1. The lowest BCUT2D eigenvalue weighted by Gasteiger charge is -2.09. The number of benzene rings is 2. The molecule has 2 rings (SSSR count). The Morgan fingerprint density at radius 2 is 1.37 bits per heavy atom. The smallest absolute Gasteiger partial charge is 0.319 e. The van der Waals surface area contributed by atoms with Gasteiger partial charge in [-0.25, -0.2) is 23.5 Å². The van der Waals surface area contributed by atoms with Gasteiger partial charge in [-0.05, 0) is 49.9 Å². The zero-order chi connectivity index (χ0) is 36.0. The van der Waals surface area contributed by atoms with E-state index in [2.05, 4.69) is 25.8 Å². The molecule has 0 aromatic heterocycles. The van der Waals surface area contributed by atoms with Gasteiger partial charge in [0.1, 0.15) is 5.75 Å². The molecule has 0 heterocycles. The molecule has 0 saturated carbocycles. The molecule has 0 bridgehead atoms. The van der Waals surface area contributed by atoms with Gasteiger partial charge in [0.2, 0.25) is 34.8 Å². The predicted molar refractivity (Wildman–Crippen MR) is 165 cm³/mol. The normalized spacial score (nSPS) is 11.3. The number of hydrogen-bond donors (Lipinski definition) is 5. The highest BCUT2D eigenvalue weighted by atomic mass is 19.2. The Hall–Kier alpha value is -4.39. The number of carbonyl (C=O) groups is 2. The first-order valence-electron chi connectivity index (χ1n) is 15.2. The zero-order valence-corrected chi connectivity index (χ0v) is 26.9. The molecule has 2 aromatic carbocycles. The van der Waals surface area contributed by atoms with Crippen molar-refractivity contribution in [1.29, 1.82) is 5.53 Å². The molecule has 13 nitrogen and oxygen atoms in total. The molecule has 49 heavy (non-hydrogen) atoms. The molecule has 0 atom stereocenters. The minimum Gasteiger partial charge on any atom is -0.508 e. The van der Waals surface area contributed by atoms with Crippen molar-refractivity contribution in [1.82, 2.24) is 10.6 Å². The maximum absolute atomic E-state index is 13.5. The zero-order valence-electron chi connectivity index (χ0n) is 26.9. The van der Waals surface area contributed by atoms with Crippen LogP contribution in [0.15, 0.2) is 35.2 Å². The molecule has 272 valence electrons. The van der Waals surface area contributed by atoms with E-state index in [-0.39, 0.29) is 44.8 Å². The van der Waals surface area contributed by atoms with Gasteiger partial charge in [0, 0.05) is 25.0 Å². The van der Waals surface area contributed by atoms with E-state index in [4.69, 9.17) is 24.5 Å². The van der Waals surface area contributed by atoms with Gasteiger partial charge >= 0.3 is 12.0 Å². The van der Waals surface area contributed by atoms with E-state index in [0.29, 0.717) is 62.7 Å². The maximum Gasteiger partial charge on any atom is 0.319 e. The van der Waals surface area contributed by atoms with Crippen molar-refractivity contribution in [3.63, 3.8) is 0 Å². The largest absolute Gasteiger partial charge is 0.508 e. The van der Waals surface area contributed by atoms with Crippen molar-refractivity contribution in [2.75, 3.05) is 71.3 Å². The molecule has 0 radical (unpaired) electrons. The number of nitrogens with zero attached hydrogens (tertiary/aromatic N) is 1. The molecule has 0 aliphatic heterocycles. The summed E-state index contributed by atoms with van der Waals surface area (Å²) in [6.07, 6.45) is 3.12. The Balaban J connectivity index is 1.38. The van der Waals surface area contributed by atoms with Crippen molar-refractivity contribution in [3.8, 4) is 11.5 Å². The third kappa shape index (κ3) is 15.6. The first kappa shape index (κ1) is 40.8. The molecule has 5 N–H and O–H groups in total. The number of phenols is 1. The lowest BCUT2D eigenvalue weighted by atomic mass is 10.2. The lowest BCUT2D eigenvalue weighted by Crippen LogP contribution is -2.29. The molecule has 0 aliphatic rings. The van der Waals surface area contributed by atoms with Gasteiger partial charge in [-0.3, -0.25) is 4.79 Å².